The van der Waals surface area contributed by atoms with Crippen molar-refractivity contribution < 1.29 is 8.42 Å². The largest absolute Gasteiger partial charge is 0.388 e. The summed E-state index contributed by atoms with van der Waals surface area (Å²) in [5.41, 5.74) is 2.99. The van der Waals surface area contributed by atoms with Crippen LogP contribution in [0.3, 0.4) is 0 Å². The summed E-state index contributed by atoms with van der Waals surface area (Å²) in [6.45, 7) is 0. The van der Waals surface area contributed by atoms with Gasteiger partial charge >= 0.3 is 0 Å². The van der Waals surface area contributed by atoms with E-state index in [1.807, 2.05) is 61.6 Å². The Morgan fingerprint density at radius 1 is 0.708 bits per heavy atom. The van der Waals surface area contributed by atoms with Crippen molar-refractivity contribution in [2.24, 2.45) is 0 Å². The summed E-state index contributed by atoms with van der Waals surface area (Å²) in [5.74, 6) is 0. The second-order valence-electron chi connectivity index (χ2n) is 5.30. The zero-order valence-electron chi connectivity index (χ0n) is 13.2. The van der Waals surface area contributed by atoms with E-state index in [0.29, 0.717) is 11.3 Å². The van der Waals surface area contributed by atoms with Crippen LogP contribution in [0.25, 0.3) is 11.1 Å². The number of sulfonamides is 1. The van der Waals surface area contributed by atoms with Crippen molar-refractivity contribution >= 4 is 21.4 Å². The van der Waals surface area contributed by atoms with E-state index in [9.17, 15) is 8.42 Å². The summed E-state index contributed by atoms with van der Waals surface area (Å²) in [5, 5.41) is 3.00. The molecule has 3 rings (SSSR count). The van der Waals surface area contributed by atoms with E-state index in [0.717, 1.165) is 11.3 Å². The maximum Gasteiger partial charge on any atom is 0.262 e. The van der Waals surface area contributed by atoms with E-state index in [4.69, 9.17) is 0 Å². The van der Waals surface area contributed by atoms with Gasteiger partial charge in [-0.1, -0.05) is 48.5 Å². The Kier molecular flexibility index (Phi) is 4.53. The van der Waals surface area contributed by atoms with Crippen LogP contribution in [0.5, 0.6) is 0 Å². The molecule has 2 N–H and O–H groups in total. The first-order valence-corrected chi connectivity index (χ1v) is 9.03. The average Bonchev–Trinajstić information content (AvgIpc) is 2.63. The van der Waals surface area contributed by atoms with Crippen LogP contribution in [-0.2, 0) is 10.0 Å². The molecule has 0 bridgehead atoms. The lowest BCUT2D eigenvalue weighted by atomic mass is 10.1. The van der Waals surface area contributed by atoms with Crippen molar-refractivity contribution in [1.29, 1.82) is 0 Å². The van der Waals surface area contributed by atoms with Crippen molar-refractivity contribution in [3.05, 3.63) is 78.9 Å². The second kappa shape index (κ2) is 6.76. The maximum absolute atomic E-state index is 12.8. The second-order valence-corrected chi connectivity index (χ2v) is 6.95. The van der Waals surface area contributed by atoms with Crippen LogP contribution < -0.4 is 10.0 Å². The zero-order valence-corrected chi connectivity index (χ0v) is 14.0. The molecule has 0 aliphatic rings. The number of rotatable bonds is 5. The van der Waals surface area contributed by atoms with Gasteiger partial charge in [0.05, 0.1) is 4.90 Å². The number of anilines is 2. The molecule has 3 aromatic carbocycles. The fraction of sp³-hybridized carbons (Fsp3) is 0.0526. The van der Waals surface area contributed by atoms with Crippen molar-refractivity contribution in [1.82, 2.24) is 0 Å². The summed E-state index contributed by atoms with van der Waals surface area (Å²) >= 11 is 0. The zero-order chi connectivity index (χ0) is 17.0. The molecule has 24 heavy (non-hydrogen) atoms. The van der Waals surface area contributed by atoms with Gasteiger partial charge in [0.15, 0.2) is 0 Å². The SMILES string of the molecule is CNc1ccc(NS(=O)(=O)c2ccccc2-c2ccccc2)cc1. The Bertz CT molecular complexity index is 921. The van der Waals surface area contributed by atoms with Gasteiger partial charge in [-0.25, -0.2) is 8.42 Å². The van der Waals surface area contributed by atoms with Crippen LogP contribution in [0.15, 0.2) is 83.8 Å². The number of hydrogen-bond acceptors (Lipinski definition) is 3. The lowest BCUT2D eigenvalue weighted by Crippen LogP contribution is -2.14. The molecular formula is C19H18N2O2S. The van der Waals surface area contributed by atoms with E-state index < -0.39 is 10.0 Å². The van der Waals surface area contributed by atoms with Gasteiger partial charge in [0.2, 0.25) is 0 Å². The highest BCUT2D eigenvalue weighted by atomic mass is 32.2. The molecule has 0 aromatic heterocycles. The highest BCUT2D eigenvalue weighted by Crippen LogP contribution is 2.28. The van der Waals surface area contributed by atoms with Crippen LogP contribution in [-0.4, -0.2) is 15.5 Å². The van der Waals surface area contributed by atoms with Gasteiger partial charge in [0, 0.05) is 24.0 Å². The fourth-order valence-corrected chi connectivity index (χ4v) is 3.76. The van der Waals surface area contributed by atoms with Crippen molar-refractivity contribution in [3.8, 4) is 11.1 Å². The van der Waals surface area contributed by atoms with Crippen LogP contribution >= 0.6 is 0 Å². The Hall–Kier alpha value is -2.79. The first-order chi connectivity index (χ1) is 11.6. The summed E-state index contributed by atoms with van der Waals surface area (Å²) in [7, 11) is -1.87. The molecule has 0 saturated heterocycles. The molecule has 0 saturated carbocycles. The Morgan fingerprint density at radius 3 is 1.96 bits per heavy atom. The highest BCUT2D eigenvalue weighted by Gasteiger charge is 2.19. The van der Waals surface area contributed by atoms with Gasteiger partial charge in [-0.05, 0) is 35.9 Å². The third-order valence-corrected chi connectivity index (χ3v) is 5.13. The first-order valence-electron chi connectivity index (χ1n) is 7.55. The van der Waals surface area contributed by atoms with Crippen molar-refractivity contribution in [2.45, 2.75) is 4.90 Å². The molecule has 0 aliphatic carbocycles. The summed E-state index contributed by atoms with van der Waals surface area (Å²) in [6, 6.07) is 23.6. The molecule has 0 heterocycles. The van der Waals surface area contributed by atoms with Gasteiger partial charge in [-0.3, -0.25) is 4.72 Å². The third-order valence-electron chi connectivity index (χ3n) is 3.69. The molecule has 0 unspecified atom stereocenters. The van der Waals surface area contributed by atoms with E-state index in [1.165, 1.54) is 0 Å². The Morgan fingerprint density at radius 2 is 1.29 bits per heavy atom. The number of benzene rings is 3. The average molecular weight is 338 g/mol. The summed E-state index contributed by atoms with van der Waals surface area (Å²) < 4.78 is 28.3. The molecule has 0 spiro atoms. The molecule has 0 fully saturated rings. The van der Waals surface area contributed by atoms with Crippen LogP contribution in [0.4, 0.5) is 11.4 Å². The molecule has 0 radical (unpaired) electrons. The van der Waals surface area contributed by atoms with Crippen molar-refractivity contribution in [3.63, 3.8) is 0 Å². The van der Waals surface area contributed by atoms with Crippen molar-refractivity contribution in [2.75, 3.05) is 17.1 Å². The minimum absolute atomic E-state index is 0.258. The van der Waals surface area contributed by atoms with Gasteiger partial charge in [0.1, 0.15) is 0 Å². The van der Waals surface area contributed by atoms with Crippen LogP contribution in [0.2, 0.25) is 0 Å². The van der Waals surface area contributed by atoms with Gasteiger partial charge in [-0.2, -0.15) is 0 Å². The molecular weight excluding hydrogens is 320 g/mol. The number of hydrogen-bond donors (Lipinski definition) is 2. The number of nitrogens with one attached hydrogen (secondary N) is 2. The standard InChI is InChI=1S/C19H18N2O2S/c1-20-16-11-13-17(14-12-16)21-24(22,23)19-10-6-5-9-18(19)15-7-3-2-4-8-15/h2-14,20-21H,1H3. The molecule has 0 amide bonds. The predicted molar refractivity (Wildman–Crippen MR) is 98.7 cm³/mol. The summed E-state index contributed by atoms with van der Waals surface area (Å²) in [4.78, 5) is 0.258. The smallest absolute Gasteiger partial charge is 0.262 e. The fourth-order valence-electron chi connectivity index (χ4n) is 2.47. The normalized spacial score (nSPS) is 11.0. The van der Waals surface area contributed by atoms with Gasteiger partial charge in [-0.15, -0.1) is 0 Å². The van der Waals surface area contributed by atoms with E-state index in [2.05, 4.69) is 10.0 Å². The van der Waals surface area contributed by atoms with Crippen LogP contribution in [0, 0.1) is 0 Å². The van der Waals surface area contributed by atoms with E-state index in [-0.39, 0.29) is 4.90 Å². The lowest BCUT2D eigenvalue weighted by molar-refractivity contribution is 0.601. The first kappa shape index (κ1) is 16.1. The molecule has 122 valence electrons. The highest BCUT2D eigenvalue weighted by molar-refractivity contribution is 7.92. The van der Waals surface area contributed by atoms with Crippen LogP contribution in [0.1, 0.15) is 0 Å². The third kappa shape index (κ3) is 3.41. The predicted octanol–water partition coefficient (Wildman–Crippen LogP) is 4.20. The Balaban J connectivity index is 1.98. The molecule has 5 heteroatoms. The van der Waals surface area contributed by atoms with E-state index in [1.54, 1.807) is 24.3 Å². The lowest BCUT2D eigenvalue weighted by Gasteiger charge is -2.13. The topological polar surface area (TPSA) is 58.2 Å². The molecule has 3 aromatic rings. The quantitative estimate of drug-likeness (QED) is 0.733. The minimum atomic E-state index is -3.68. The molecule has 4 nitrogen and oxygen atoms in total. The Labute approximate surface area is 142 Å². The summed E-state index contributed by atoms with van der Waals surface area (Å²) in [6.07, 6.45) is 0. The van der Waals surface area contributed by atoms with E-state index >= 15 is 0 Å². The molecule has 0 aliphatic heterocycles. The monoisotopic (exact) mass is 338 g/mol. The molecule has 0 atom stereocenters. The van der Waals surface area contributed by atoms with Gasteiger partial charge in [0.25, 0.3) is 10.0 Å². The maximum atomic E-state index is 12.8. The minimum Gasteiger partial charge on any atom is -0.388 e. The van der Waals surface area contributed by atoms with Gasteiger partial charge < -0.3 is 5.32 Å².